The van der Waals surface area contributed by atoms with Crippen LogP contribution in [0.15, 0.2) is 71.4 Å². The van der Waals surface area contributed by atoms with Gasteiger partial charge in [0.05, 0.1) is 6.61 Å². The number of aryl methyl sites for hydroxylation is 1. The molecule has 0 saturated heterocycles. The van der Waals surface area contributed by atoms with Crippen LogP contribution in [-0.2, 0) is 11.3 Å². The second-order valence-corrected chi connectivity index (χ2v) is 6.47. The van der Waals surface area contributed by atoms with Gasteiger partial charge < -0.3 is 13.9 Å². The molecule has 0 atom stereocenters. The molecule has 0 fully saturated rings. The van der Waals surface area contributed by atoms with Crippen LogP contribution >= 0.6 is 11.6 Å². The van der Waals surface area contributed by atoms with Gasteiger partial charge in [-0.1, -0.05) is 48.5 Å². The first-order valence-corrected chi connectivity index (χ1v) is 9.24. The van der Waals surface area contributed by atoms with E-state index in [0.717, 1.165) is 11.1 Å². The molecule has 6 heteroatoms. The second kappa shape index (κ2) is 9.24. The summed E-state index contributed by atoms with van der Waals surface area (Å²) in [6.45, 7) is 8.48. The lowest BCUT2D eigenvalue weighted by molar-refractivity contribution is 0.244. The van der Waals surface area contributed by atoms with Gasteiger partial charge in [0.1, 0.15) is 18.1 Å². The van der Waals surface area contributed by atoms with Crippen molar-refractivity contribution in [3.8, 4) is 5.75 Å². The number of aromatic nitrogens is 2. The molecular formula is C22H21ClN2O3. The van der Waals surface area contributed by atoms with Gasteiger partial charge in [-0.2, -0.15) is 0 Å². The number of hydrogen-bond acceptors (Lipinski definition) is 5. The Kier molecular flexibility index (Phi) is 6.50. The lowest BCUT2D eigenvalue weighted by atomic mass is 10.0. The lowest BCUT2D eigenvalue weighted by Gasteiger charge is -2.11. The van der Waals surface area contributed by atoms with Crippen molar-refractivity contribution < 1.29 is 13.9 Å². The minimum Gasteiger partial charge on any atom is -0.494 e. The third kappa shape index (κ3) is 5.24. The molecule has 0 unspecified atom stereocenters. The Morgan fingerprint density at radius 3 is 2.64 bits per heavy atom. The highest BCUT2D eigenvalue weighted by Crippen LogP contribution is 2.30. The standard InChI is InChI=1S/C22H21ClN2O3/c1-4-26-15(2)10-21(22-25-24-16(3)28-22)18-11-19(23)13-20(12-18)27-14-17-8-6-5-7-9-17/h5-13H,2,4,14H2,1,3H3/b21-10-. The van der Waals surface area contributed by atoms with Crippen LogP contribution in [0.3, 0.4) is 0 Å². The van der Waals surface area contributed by atoms with Gasteiger partial charge in [0.25, 0.3) is 0 Å². The minimum atomic E-state index is 0.356. The smallest absolute Gasteiger partial charge is 0.248 e. The fourth-order valence-electron chi connectivity index (χ4n) is 2.60. The van der Waals surface area contributed by atoms with Crippen molar-refractivity contribution in [3.05, 3.63) is 94.9 Å². The maximum Gasteiger partial charge on any atom is 0.248 e. The Labute approximate surface area is 169 Å². The first kappa shape index (κ1) is 19.7. The predicted octanol–water partition coefficient (Wildman–Crippen LogP) is 5.59. The van der Waals surface area contributed by atoms with E-state index in [0.29, 0.717) is 47.1 Å². The molecule has 2 aromatic carbocycles. The highest BCUT2D eigenvalue weighted by molar-refractivity contribution is 6.31. The van der Waals surface area contributed by atoms with E-state index in [4.69, 9.17) is 25.5 Å². The van der Waals surface area contributed by atoms with E-state index in [-0.39, 0.29) is 0 Å². The maximum absolute atomic E-state index is 6.34. The first-order chi connectivity index (χ1) is 13.5. The van der Waals surface area contributed by atoms with E-state index < -0.39 is 0 Å². The number of halogens is 1. The average Bonchev–Trinajstić information content (AvgIpc) is 3.11. The van der Waals surface area contributed by atoms with E-state index in [9.17, 15) is 0 Å². The number of ether oxygens (including phenoxy) is 2. The van der Waals surface area contributed by atoms with Gasteiger partial charge in [0.15, 0.2) is 0 Å². The molecule has 0 saturated carbocycles. The van der Waals surface area contributed by atoms with Crippen LogP contribution in [0.4, 0.5) is 0 Å². The van der Waals surface area contributed by atoms with Crippen molar-refractivity contribution in [1.82, 2.24) is 10.2 Å². The summed E-state index contributed by atoms with van der Waals surface area (Å²) in [4.78, 5) is 0. The average molecular weight is 397 g/mol. The SMILES string of the molecule is C=C(/C=C(/c1cc(Cl)cc(OCc2ccccc2)c1)c1nnc(C)o1)OCC. The quantitative estimate of drug-likeness (QED) is 0.367. The van der Waals surface area contributed by atoms with Gasteiger partial charge in [0.2, 0.25) is 11.8 Å². The van der Waals surface area contributed by atoms with Crippen LogP contribution < -0.4 is 4.74 Å². The molecule has 1 heterocycles. The van der Waals surface area contributed by atoms with Crippen LogP contribution in [0, 0.1) is 6.92 Å². The molecule has 5 nitrogen and oxygen atoms in total. The molecule has 0 radical (unpaired) electrons. The summed E-state index contributed by atoms with van der Waals surface area (Å²) in [5.41, 5.74) is 2.49. The molecule has 144 valence electrons. The maximum atomic E-state index is 6.34. The van der Waals surface area contributed by atoms with Crippen LogP contribution in [0.5, 0.6) is 5.75 Å². The summed E-state index contributed by atoms with van der Waals surface area (Å²) >= 11 is 6.34. The summed E-state index contributed by atoms with van der Waals surface area (Å²) in [7, 11) is 0. The van der Waals surface area contributed by atoms with E-state index in [1.54, 1.807) is 19.1 Å². The van der Waals surface area contributed by atoms with Crippen LogP contribution in [0.25, 0.3) is 5.57 Å². The summed E-state index contributed by atoms with van der Waals surface area (Å²) < 4.78 is 17.0. The van der Waals surface area contributed by atoms with Crippen molar-refractivity contribution in [2.45, 2.75) is 20.5 Å². The van der Waals surface area contributed by atoms with Gasteiger partial charge in [-0.15, -0.1) is 10.2 Å². The van der Waals surface area contributed by atoms with Gasteiger partial charge >= 0.3 is 0 Å². The lowest BCUT2D eigenvalue weighted by Crippen LogP contribution is -1.97. The molecule has 3 aromatic rings. The van der Waals surface area contributed by atoms with Gasteiger partial charge in [-0.25, -0.2) is 0 Å². The van der Waals surface area contributed by atoms with E-state index in [1.165, 1.54) is 0 Å². The number of nitrogens with zero attached hydrogens (tertiary/aromatic N) is 2. The molecular weight excluding hydrogens is 376 g/mol. The largest absolute Gasteiger partial charge is 0.494 e. The van der Waals surface area contributed by atoms with Gasteiger partial charge in [-0.3, -0.25) is 0 Å². The molecule has 0 spiro atoms. The Balaban J connectivity index is 1.93. The molecule has 1 aromatic heterocycles. The molecule has 0 bridgehead atoms. The van der Waals surface area contributed by atoms with Crippen molar-refractivity contribution in [2.24, 2.45) is 0 Å². The van der Waals surface area contributed by atoms with Crippen molar-refractivity contribution in [2.75, 3.05) is 6.61 Å². The minimum absolute atomic E-state index is 0.356. The third-order valence-electron chi connectivity index (χ3n) is 3.82. The summed E-state index contributed by atoms with van der Waals surface area (Å²) in [6, 6.07) is 15.4. The van der Waals surface area contributed by atoms with Crippen molar-refractivity contribution in [1.29, 1.82) is 0 Å². The first-order valence-electron chi connectivity index (χ1n) is 8.86. The Morgan fingerprint density at radius 1 is 1.18 bits per heavy atom. The molecule has 0 aliphatic heterocycles. The molecule has 3 rings (SSSR count). The molecule has 0 N–H and O–H groups in total. The van der Waals surface area contributed by atoms with Gasteiger partial charge in [-0.05, 0) is 42.3 Å². The molecule has 0 amide bonds. The summed E-state index contributed by atoms with van der Waals surface area (Å²) in [5, 5.41) is 8.57. The zero-order valence-electron chi connectivity index (χ0n) is 15.8. The van der Waals surface area contributed by atoms with Crippen LogP contribution in [-0.4, -0.2) is 16.8 Å². The molecule has 0 aliphatic carbocycles. The number of benzene rings is 2. The normalized spacial score (nSPS) is 11.3. The monoisotopic (exact) mass is 396 g/mol. The van der Waals surface area contributed by atoms with Crippen molar-refractivity contribution >= 4 is 17.2 Å². The highest BCUT2D eigenvalue weighted by Gasteiger charge is 2.15. The van der Waals surface area contributed by atoms with Crippen LogP contribution in [0.2, 0.25) is 5.02 Å². The number of rotatable bonds is 8. The number of allylic oxidation sites excluding steroid dienone is 1. The predicted molar refractivity (Wildman–Crippen MR) is 109 cm³/mol. The van der Waals surface area contributed by atoms with Crippen molar-refractivity contribution in [3.63, 3.8) is 0 Å². The topological polar surface area (TPSA) is 57.4 Å². The Hall–Kier alpha value is -3.05. The Morgan fingerprint density at radius 2 is 1.96 bits per heavy atom. The van der Waals surface area contributed by atoms with Crippen LogP contribution in [0.1, 0.15) is 29.8 Å². The number of hydrogen-bond donors (Lipinski definition) is 0. The van der Waals surface area contributed by atoms with E-state index in [1.807, 2.05) is 49.4 Å². The zero-order valence-corrected chi connectivity index (χ0v) is 16.6. The van der Waals surface area contributed by atoms with E-state index in [2.05, 4.69) is 16.8 Å². The zero-order chi connectivity index (χ0) is 19.9. The fourth-order valence-corrected chi connectivity index (χ4v) is 2.83. The van der Waals surface area contributed by atoms with E-state index >= 15 is 0 Å². The molecule has 28 heavy (non-hydrogen) atoms. The third-order valence-corrected chi connectivity index (χ3v) is 4.04. The van der Waals surface area contributed by atoms with Gasteiger partial charge in [0, 0.05) is 17.5 Å². The fraction of sp³-hybridized carbons (Fsp3) is 0.182. The highest BCUT2D eigenvalue weighted by atomic mass is 35.5. The second-order valence-electron chi connectivity index (χ2n) is 6.03. The summed E-state index contributed by atoms with van der Waals surface area (Å²) in [6.07, 6.45) is 1.75. The Bertz CT molecular complexity index is 980. The molecule has 0 aliphatic rings. The summed E-state index contributed by atoms with van der Waals surface area (Å²) in [5.74, 6) is 1.94.